The summed E-state index contributed by atoms with van der Waals surface area (Å²) >= 11 is 0. The fourth-order valence-electron chi connectivity index (χ4n) is 3.82. The van der Waals surface area contributed by atoms with Crippen LogP contribution in [0.15, 0.2) is 78.9 Å². The van der Waals surface area contributed by atoms with Crippen molar-refractivity contribution in [2.75, 3.05) is 19.5 Å². The van der Waals surface area contributed by atoms with Crippen molar-refractivity contribution in [3.8, 4) is 28.4 Å². The topological polar surface area (TPSA) is 73.9 Å². The van der Waals surface area contributed by atoms with Gasteiger partial charge in [-0.25, -0.2) is 0 Å². The molecule has 0 fully saturated rings. The molecule has 0 bridgehead atoms. The zero-order valence-electron chi connectivity index (χ0n) is 19.3. The minimum atomic E-state index is -0.589. The first kappa shape index (κ1) is 22.9. The zero-order valence-corrected chi connectivity index (χ0v) is 19.3. The van der Waals surface area contributed by atoms with Gasteiger partial charge in [0.25, 0.3) is 0 Å². The Morgan fingerprint density at radius 2 is 1.56 bits per heavy atom. The van der Waals surface area contributed by atoms with Crippen LogP contribution >= 0.6 is 0 Å². The Balaban J connectivity index is 1.70. The summed E-state index contributed by atoms with van der Waals surface area (Å²) in [6.07, 6.45) is -0.339. The van der Waals surface area contributed by atoms with Crippen LogP contribution < -0.4 is 14.8 Å². The Morgan fingerprint density at radius 1 is 0.853 bits per heavy atom. The Morgan fingerprint density at radius 3 is 2.24 bits per heavy atom. The lowest BCUT2D eigenvalue weighted by Crippen LogP contribution is -2.17. The van der Waals surface area contributed by atoms with Crippen LogP contribution in [0.5, 0.6) is 17.2 Å². The van der Waals surface area contributed by atoms with E-state index in [1.54, 1.807) is 31.4 Å². The highest BCUT2D eigenvalue weighted by Crippen LogP contribution is 2.43. The second kappa shape index (κ2) is 10.1. The van der Waals surface area contributed by atoms with Crippen molar-refractivity contribution < 1.29 is 23.8 Å². The highest BCUT2D eigenvalue weighted by molar-refractivity contribution is 6.02. The van der Waals surface area contributed by atoms with E-state index in [0.717, 1.165) is 39.0 Å². The predicted molar refractivity (Wildman–Crippen MR) is 132 cm³/mol. The maximum atomic E-state index is 11.9. The number of rotatable bonds is 7. The molecule has 6 nitrogen and oxygen atoms in total. The molecular formula is C28H25NO5. The molecule has 0 unspecified atom stereocenters. The number of esters is 1. The third-order valence-corrected chi connectivity index (χ3v) is 5.45. The summed E-state index contributed by atoms with van der Waals surface area (Å²) in [4.78, 5) is 23.2. The lowest BCUT2D eigenvalue weighted by Gasteiger charge is -2.18. The Labute approximate surface area is 198 Å². The van der Waals surface area contributed by atoms with Crippen LogP contribution in [0.3, 0.4) is 0 Å². The third kappa shape index (κ3) is 5.02. The van der Waals surface area contributed by atoms with Crippen molar-refractivity contribution >= 4 is 28.3 Å². The van der Waals surface area contributed by atoms with Crippen molar-refractivity contribution in [2.45, 2.75) is 13.3 Å². The van der Waals surface area contributed by atoms with Gasteiger partial charge >= 0.3 is 5.97 Å². The number of carbonyl (C=O) groups is 2. The van der Waals surface area contributed by atoms with Gasteiger partial charge in [-0.15, -0.1) is 0 Å². The smallest absolute Gasteiger partial charge is 0.315 e. The van der Waals surface area contributed by atoms with Crippen molar-refractivity contribution in [1.29, 1.82) is 0 Å². The number of amides is 1. The molecule has 0 spiro atoms. The molecule has 0 heterocycles. The maximum absolute atomic E-state index is 11.9. The minimum Gasteiger partial charge on any atom is -0.497 e. The van der Waals surface area contributed by atoms with E-state index in [1.165, 1.54) is 7.11 Å². The molecule has 4 rings (SSSR count). The molecule has 0 aromatic heterocycles. The van der Waals surface area contributed by atoms with Gasteiger partial charge in [-0.05, 0) is 65.9 Å². The zero-order chi connectivity index (χ0) is 24.1. The number of carbonyl (C=O) groups excluding carboxylic acids is 2. The minimum absolute atomic E-state index is 0.339. The number of hydrogen-bond acceptors (Lipinski definition) is 5. The van der Waals surface area contributed by atoms with Crippen LogP contribution in [-0.2, 0) is 14.3 Å². The number of ether oxygens (including phenoxy) is 3. The first-order chi connectivity index (χ1) is 16.5. The highest BCUT2D eigenvalue weighted by Gasteiger charge is 2.16. The van der Waals surface area contributed by atoms with Crippen molar-refractivity contribution in [2.24, 2.45) is 0 Å². The molecule has 4 aromatic carbocycles. The SMILES string of the molecule is COC(=O)CC(=O)Nc1ccc(Oc2c(-c3ccccc3)c(C)cc3cc(OC)ccc23)cc1. The van der Waals surface area contributed by atoms with Gasteiger partial charge in [0.2, 0.25) is 5.91 Å². The standard InChI is InChI=1S/C28H25NO5/c1-18-15-20-16-23(32-2)13-14-24(20)28(27(18)19-7-5-4-6-8-19)34-22-11-9-21(10-12-22)29-25(30)17-26(31)33-3/h4-16H,17H2,1-3H3,(H,29,30). The molecule has 34 heavy (non-hydrogen) atoms. The molecule has 0 aliphatic rings. The van der Waals surface area contributed by atoms with Gasteiger partial charge in [0.1, 0.15) is 23.7 Å². The van der Waals surface area contributed by atoms with Gasteiger partial charge in [0.05, 0.1) is 14.2 Å². The molecule has 6 heteroatoms. The molecule has 1 amide bonds. The molecule has 0 radical (unpaired) electrons. The first-order valence-electron chi connectivity index (χ1n) is 10.8. The Bertz CT molecular complexity index is 1330. The van der Waals surface area contributed by atoms with E-state index in [9.17, 15) is 9.59 Å². The van der Waals surface area contributed by atoms with E-state index in [1.807, 2.05) is 36.4 Å². The van der Waals surface area contributed by atoms with Crippen molar-refractivity contribution in [3.63, 3.8) is 0 Å². The van der Waals surface area contributed by atoms with E-state index in [4.69, 9.17) is 9.47 Å². The summed E-state index contributed by atoms with van der Waals surface area (Å²) in [5.41, 5.74) is 3.70. The molecule has 0 aliphatic carbocycles. The maximum Gasteiger partial charge on any atom is 0.315 e. The lowest BCUT2D eigenvalue weighted by molar-refractivity contribution is -0.142. The van der Waals surface area contributed by atoms with Crippen LogP contribution in [0, 0.1) is 6.92 Å². The molecule has 0 atom stereocenters. The monoisotopic (exact) mass is 455 g/mol. The van der Waals surface area contributed by atoms with Gasteiger partial charge in [-0.1, -0.05) is 36.4 Å². The summed E-state index contributed by atoms with van der Waals surface area (Å²) in [5.74, 6) is 1.11. The first-order valence-corrected chi connectivity index (χ1v) is 10.8. The number of nitrogens with one attached hydrogen (secondary N) is 1. The predicted octanol–water partition coefficient (Wildman–Crippen LogP) is 6.12. The summed E-state index contributed by atoms with van der Waals surface area (Å²) in [6, 6.07) is 25.2. The molecule has 1 N–H and O–H groups in total. The Hall–Kier alpha value is -4.32. The highest BCUT2D eigenvalue weighted by atomic mass is 16.5. The average molecular weight is 456 g/mol. The normalized spacial score (nSPS) is 10.6. The molecule has 0 saturated carbocycles. The van der Waals surface area contributed by atoms with Crippen LogP contribution in [-0.4, -0.2) is 26.1 Å². The quantitative estimate of drug-likeness (QED) is 0.269. The van der Waals surface area contributed by atoms with Gasteiger partial charge in [-0.3, -0.25) is 9.59 Å². The van der Waals surface area contributed by atoms with Gasteiger partial charge in [-0.2, -0.15) is 0 Å². The van der Waals surface area contributed by atoms with E-state index in [2.05, 4.69) is 35.2 Å². The second-order valence-corrected chi connectivity index (χ2v) is 7.78. The van der Waals surface area contributed by atoms with Crippen LogP contribution in [0.4, 0.5) is 5.69 Å². The summed E-state index contributed by atoms with van der Waals surface area (Å²) in [7, 11) is 2.89. The van der Waals surface area contributed by atoms with Gasteiger partial charge in [0.15, 0.2) is 0 Å². The van der Waals surface area contributed by atoms with E-state index in [0.29, 0.717) is 11.4 Å². The van der Waals surface area contributed by atoms with Crippen molar-refractivity contribution in [3.05, 3.63) is 84.4 Å². The number of anilines is 1. The number of benzene rings is 4. The Kier molecular flexibility index (Phi) is 6.78. The molecular weight excluding hydrogens is 430 g/mol. The molecule has 172 valence electrons. The van der Waals surface area contributed by atoms with Gasteiger partial charge < -0.3 is 19.5 Å². The summed E-state index contributed by atoms with van der Waals surface area (Å²) < 4.78 is 16.4. The number of aryl methyl sites for hydroxylation is 1. The number of methoxy groups -OCH3 is 2. The fraction of sp³-hybridized carbons (Fsp3) is 0.143. The lowest BCUT2D eigenvalue weighted by atomic mass is 9.94. The molecule has 0 saturated heterocycles. The number of fused-ring (bicyclic) bond motifs is 1. The fourth-order valence-corrected chi connectivity index (χ4v) is 3.82. The second-order valence-electron chi connectivity index (χ2n) is 7.78. The molecule has 0 aliphatic heterocycles. The van der Waals surface area contributed by atoms with Crippen LogP contribution in [0.25, 0.3) is 21.9 Å². The van der Waals surface area contributed by atoms with Crippen LogP contribution in [0.1, 0.15) is 12.0 Å². The van der Waals surface area contributed by atoms with E-state index in [-0.39, 0.29) is 6.42 Å². The van der Waals surface area contributed by atoms with E-state index < -0.39 is 11.9 Å². The summed E-state index contributed by atoms with van der Waals surface area (Å²) in [5, 5.41) is 4.65. The number of hydrogen-bond donors (Lipinski definition) is 1. The summed E-state index contributed by atoms with van der Waals surface area (Å²) in [6.45, 7) is 2.06. The molecule has 4 aromatic rings. The van der Waals surface area contributed by atoms with E-state index >= 15 is 0 Å². The third-order valence-electron chi connectivity index (χ3n) is 5.45. The van der Waals surface area contributed by atoms with Crippen LogP contribution in [0.2, 0.25) is 0 Å². The van der Waals surface area contributed by atoms with Gasteiger partial charge in [0, 0.05) is 16.6 Å². The largest absolute Gasteiger partial charge is 0.497 e. The average Bonchev–Trinajstić information content (AvgIpc) is 2.85. The van der Waals surface area contributed by atoms with Crippen molar-refractivity contribution in [1.82, 2.24) is 0 Å².